The maximum absolute atomic E-state index is 13.1. The summed E-state index contributed by atoms with van der Waals surface area (Å²) in [5.41, 5.74) is 2.85. The summed E-state index contributed by atoms with van der Waals surface area (Å²) >= 11 is 0. The van der Waals surface area contributed by atoms with Gasteiger partial charge in [-0.3, -0.25) is 4.79 Å². The third-order valence-electron chi connectivity index (χ3n) is 7.07. The number of aryl methyl sites for hydroxylation is 1. The standard InChI is InChI=1S/C31H33N3O4/c1-33(18-17-22-9-15-28(36-2)29(19-22)37-3)31(35)27-21-34-20-24(12-16-30(34)32-27)23-10-13-26(14-11-23)38-25-7-5-4-6-8-25/h4-11,13-15,19,21,24H,12,16-18,20H2,1-3H3/t24-/m1/s1. The van der Waals surface area contributed by atoms with Crippen LogP contribution in [0.15, 0.2) is 79.0 Å². The molecule has 1 amide bonds. The molecule has 4 aromatic rings. The van der Waals surface area contributed by atoms with Crippen LogP contribution in [0, 0.1) is 0 Å². The van der Waals surface area contributed by atoms with E-state index in [-0.39, 0.29) is 5.91 Å². The Labute approximate surface area is 223 Å². The van der Waals surface area contributed by atoms with Gasteiger partial charge >= 0.3 is 0 Å². The van der Waals surface area contributed by atoms with Crippen molar-refractivity contribution in [2.45, 2.75) is 31.7 Å². The molecule has 1 aliphatic heterocycles. The number of hydrogen-bond acceptors (Lipinski definition) is 5. The zero-order chi connectivity index (χ0) is 26.5. The molecule has 2 heterocycles. The van der Waals surface area contributed by atoms with Gasteiger partial charge in [-0.25, -0.2) is 4.98 Å². The third-order valence-corrected chi connectivity index (χ3v) is 7.07. The Balaban J connectivity index is 1.19. The zero-order valence-electron chi connectivity index (χ0n) is 22.1. The number of nitrogens with zero attached hydrogens (tertiary/aromatic N) is 3. The highest BCUT2D eigenvalue weighted by Crippen LogP contribution is 2.31. The molecule has 0 fully saturated rings. The lowest BCUT2D eigenvalue weighted by Crippen LogP contribution is -2.29. The normalized spacial score (nSPS) is 14.4. The van der Waals surface area contributed by atoms with Crippen LogP contribution in [0.25, 0.3) is 0 Å². The molecule has 196 valence electrons. The second kappa shape index (κ2) is 11.4. The molecule has 3 aromatic carbocycles. The summed E-state index contributed by atoms with van der Waals surface area (Å²) in [5, 5.41) is 0. The number of amides is 1. The average Bonchev–Trinajstić information content (AvgIpc) is 3.40. The van der Waals surface area contributed by atoms with Crippen LogP contribution in [0.1, 0.15) is 39.8 Å². The van der Waals surface area contributed by atoms with Crippen molar-refractivity contribution in [3.8, 4) is 23.0 Å². The number of benzene rings is 3. The topological polar surface area (TPSA) is 65.8 Å². The van der Waals surface area contributed by atoms with Crippen LogP contribution in [-0.4, -0.2) is 48.2 Å². The molecular formula is C31H33N3O4. The van der Waals surface area contributed by atoms with E-state index in [4.69, 9.17) is 14.2 Å². The van der Waals surface area contributed by atoms with E-state index >= 15 is 0 Å². The molecule has 0 spiro atoms. The van der Waals surface area contributed by atoms with Gasteiger partial charge in [0.25, 0.3) is 5.91 Å². The Bertz CT molecular complexity index is 1380. The maximum atomic E-state index is 13.1. The number of imidazole rings is 1. The molecule has 0 unspecified atom stereocenters. The van der Waals surface area contributed by atoms with Crippen LogP contribution >= 0.6 is 0 Å². The van der Waals surface area contributed by atoms with E-state index in [0.29, 0.717) is 36.1 Å². The molecule has 0 radical (unpaired) electrons. The number of carbonyl (C=O) groups excluding carboxylic acids is 1. The number of likely N-dealkylation sites (N-methyl/N-ethyl adjacent to an activating group) is 1. The smallest absolute Gasteiger partial charge is 0.273 e. The molecule has 1 aliphatic rings. The van der Waals surface area contributed by atoms with E-state index in [1.54, 1.807) is 19.1 Å². The Morgan fingerprint density at radius 1 is 0.974 bits per heavy atom. The van der Waals surface area contributed by atoms with Gasteiger partial charge in [0.2, 0.25) is 0 Å². The Morgan fingerprint density at radius 3 is 2.45 bits per heavy atom. The first-order valence-corrected chi connectivity index (χ1v) is 12.9. The average molecular weight is 512 g/mol. The lowest BCUT2D eigenvalue weighted by Gasteiger charge is -2.24. The van der Waals surface area contributed by atoms with Gasteiger partial charge in [-0.1, -0.05) is 36.4 Å². The fourth-order valence-electron chi connectivity index (χ4n) is 4.88. The summed E-state index contributed by atoms with van der Waals surface area (Å²) in [6.45, 7) is 1.39. The van der Waals surface area contributed by atoms with Crippen LogP contribution in [0.5, 0.6) is 23.0 Å². The Kier molecular flexibility index (Phi) is 7.63. The summed E-state index contributed by atoms with van der Waals surface area (Å²) in [6, 6.07) is 23.9. The molecule has 1 atom stereocenters. The van der Waals surface area contributed by atoms with Crippen molar-refractivity contribution in [1.82, 2.24) is 14.5 Å². The number of rotatable bonds is 9. The molecule has 38 heavy (non-hydrogen) atoms. The first-order chi connectivity index (χ1) is 18.5. The highest BCUT2D eigenvalue weighted by molar-refractivity contribution is 5.92. The Morgan fingerprint density at radius 2 is 1.71 bits per heavy atom. The zero-order valence-corrected chi connectivity index (χ0v) is 22.1. The van der Waals surface area contributed by atoms with Crippen LogP contribution in [0.2, 0.25) is 0 Å². The van der Waals surface area contributed by atoms with Crippen molar-refractivity contribution in [2.75, 3.05) is 27.8 Å². The van der Waals surface area contributed by atoms with E-state index in [2.05, 4.69) is 21.7 Å². The lowest BCUT2D eigenvalue weighted by molar-refractivity contribution is 0.0791. The van der Waals surface area contributed by atoms with Crippen molar-refractivity contribution in [1.29, 1.82) is 0 Å². The number of hydrogen-bond donors (Lipinski definition) is 0. The van der Waals surface area contributed by atoms with E-state index in [0.717, 1.165) is 42.3 Å². The predicted octanol–water partition coefficient (Wildman–Crippen LogP) is 5.74. The van der Waals surface area contributed by atoms with Crippen LogP contribution in [0.4, 0.5) is 0 Å². The van der Waals surface area contributed by atoms with Gasteiger partial charge in [0.05, 0.1) is 14.2 Å². The molecule has 7 heteroatoms. The molecule has 0 bridgehead atoms. The maximum Gasteiger partial charge on any atom is 0.273 e. The van der Waals surface area contributed by atoms with E-state index in [1.165, 1.54) is 5.56 Å². The highest BCUT2D eigenvalue weighted by Gasteiger charge is 2.24. The number of carbonyl (C=O) groups is 1. The summed E-state index contributed by atoms with van der Waals surface area (Å²) < 4.78 is 18.8. The van der Waals surface area contributed by atoms with Crippen LogP contribution in [-0.2, 0) is 19.4 Å². The van der Waals surface area contributed by atoms with E-state index in [1.807, 2.05) is 73.9 Å². The summed E-state index contributed by atoms with van der Waals surface area (Å²) in [4.78, 5) is 19.5. The first kappa shape index (κ1) is 25.4. The van der Waals surface area contributed by atoms with E-state index < -0.39 is 0 Å². The monoisotopic (exact) mass is 511 g/mol. The number of fused-ring (bicyclic) bond motifs is 1. The number of methoxy groups -OCH3 is 2. The Hall–Kier alpha value is -4.26. The second-order valence-corrected chi connectivity index (χ2v) is 9.58. The van der Waals surface area contributed by atoms with Crippen LogP contribution in [0.3, 0.4) is 0 Å². The highest BCUT2D eigenvalue weighted by atomic mass is 16.5. The van der Waals surface area contributed by atoms with Gasteiger partial charge in [0.1, 0.15) is 23.0 Å². The van der Waals surface area contributed by atoms with Gasteiger partial charge in [-0.15, -0.1) is 0 Å². The van der Waals surface area contributed by atoms with Crippen LogP contribution < -0.4 is 14.2 Å². The SMILES string of the molecule is COc1ccc(CCN(C)C(=O)c2cn3c(n2)CC[C@@H](c2ccc(Oc4ccccc4)cc2)C3)cc1OC. The minimum Gasteiger partial charge on any atom is -0.493 e. The largest absolute Gasteiger partial charge is 0.493 e. The van der Waals surface area contributed by atoms with Gasteiger partial charge < -0.3 is 23.7 Å². The number of aromatic nitrogens is 2. The number of para-hydroxylation sites is 1. The molecule has 0 aliphatic carbocycles. The van der Waals surface area contributed by atoms with Crippen molar-refractivity contribution in [3.63, 3.8) is 0 Å². The van der Waals surface area contributed by atoms with Gasteiger partial charge in [0, 0.05) is 38.7 Å². The van der Waals surface area contributed by atoms with Gasteiger partial charge in [-0.2, -0.15) is 0 Å². The minimum atomic E-state index is -0.0636. The van der Waals surface area contributed by atoms with Crippen molar-refractivity contribution >= 4 is 5.91 Å². The van der Waals surface area contributed by atoms with Gasteiger partial charge in [-0.05, 0) is 60.4 Å². The van der Waals surface area contributed by atoms with Gasteiger partial charge in [0.15, 0.2) is 11.5 Å². The second-order valence-electron chi connectivity index (χ2n) is 9.58. The summed E-state index contributed by atoms with van der Waals surface area (Å²) in [7, 11) is 5.07. The summed E-state index contributed by atoms with van der Waals surface area (Å²) in [5.74, 6) is 4.31. The fraction of sp³-hybridized carbons (Fsp3) is 0.290. The quantitative estimate of drug-likeness (QED) is 0.287. The minimum absolute atomic E-state index is 0.0636. The molecule has 0 N–H and O–H groups in total. The molecular weight excluding hydrogens is 478 g/mol. The van der Waals surface area contributed by atoms with E-state index in [9.17, 15) is 4.79 Å². The first-order valence-electron chi connectivity index (χ1n) is 12.9. The fourth-order valence-corrected chi connectivity index (χ4v) is 4.88. The molecule has 0 saturated carbocycles. The summed E-state index contributed by atoms with van der Waals surface area (Å²) in [6.07, 6.45) is 4.46. The molecule has 1 aromatic heterocycles. The third kappa shape index (κ3) is 5.67. The van der Waals surface area contributed by atoms with Crippen molar-refractivity contribution < 1.29 is 19.0 Å². The number of ether oxygens (including phenoxy) is 3. The lowest BCUT2D eigenvalue weighted by atomic mass is 9.91. The molecule has 7 nitrogen and oxygen atoms in total. The molecule has 0 saturated heterocycles. The van der Waals surface area contributed by atoms with Crippen molar-refractivity contribution in [2.24, 2.45) is 0 Å². The molecule has 5 rings (SSSR count). The van der Waals surface area contributed by atoms with Crippen molar-refractivity contribution in [3.05, 3.63) is 102 Å². The predicted molar refractivity (Wildman–Crippen MR) is 146 cm³/mol.